The summed E-state index contributed by atoms with van der Waals surface area (Å²) in [5, 5.41) is 12.2. The SMILES string of the molecule is Cc1ccc(Br)c(C(=O)NC2(CC(=O)O)CCCCC2)c1. The summed E-state index contributed by atoms with van der Waals surface area (Å²) >= 11 is 3.39. The number of hydrogen-bond acceptors (Lipinski definition) is 2. The van der Waals surface area contributed by atoms with E-state index >= 15 is 0 Å². The number of halogens is 1. The quantitative estimate of drug-likeness (QED) is 0.867. The maximum Gasteiger partial charge on any atom is 0.305 e. The topological polar surface area (TPSA) is 66.4 Å². The van der Waals surface area contributed by atoms with Gasteiger partial charge in [-0.3, -0.25) is 9.59 Å². The molecule has 1 fully saturated rings. The first kappa shape index (κ1) is 16.0. The monoisotopic (exact) mass is 353 g/mol. The molecule has 5 heteroatoms. The number of carboxylic acid groups (broad SMARTS) is 1. The fourth-order valence-electron chi connectivity index (χ4n) is 2.99. The summed E-state index contributed by atoms with van der Waals surface area (Å²) < 4.78 is 0.729. The Balaban J connectivity index is 2.21. The van der Waals surface area contributed by atoms with Crippen LogP contribution in [0.1, 0.15) is 54.4 Å². The van der Waals surface area contributed by atoms with Gasteiger partial charge in [0.1, 0.15) is 0 Å². The number of nitrogens with one attached hydrogen (secondary N) is 1. The smallest absolute Gasteiger partial charge is 0.305 e. The largest absolute Gasteiger partial charge is 0.481 e. The highest BCUT2D eigenvalue weighted by Gasteiger charge is 2.36. The molecule has 0 unspecified atom stereocenters. The second kappa shape index (κ2) is 6.60. The number of carbonyl (C=O) groups excluding carboxylic acids is 1. The van der Waals surface area contributed by atoms with Crippen LogP contribution in [0.3, 0.4) is 0 Å². The summed E-state index contributed by atoms with van der Waals surface area (Å²) in [5.74, 6) is -1.06. The molecule has 1 saturated carbocycles. The molecule has 0 heterocycles. The summed E-state index contributed by atoms with van der Waals surface area (Å²) in [6.45, 7) is 1.93. The highest BCUT2D eigenvalue weighted by molar-refractivity contribution is 9.10. The fraction of sp³-hybridized carbons (Fsp3) is 0.500. The van der Waals surface area contributed by atoms with Gasteiger partial charge in [0.05, 0.1) is 17.5 Å². The normalized spacial score (nSPS) is 17.2. The van der Waals surface area contributed by atoms with E-state index in [4.69, 9.17) is 5.11 Å². The van der Waals surface area contributed by atoms with Crippen LogP contribution in [0.15, 0.2) is 22.7 Å². The highest BCUT2D eigenvalue weighted by atomic mass is 79.9. The lowest BCUT2D eigenvalue weighted by Gasteiger charge is -2.37. The van der Waals surface area contributed by atoms with Crippen LogP contribution in [0.25, 0.3) is 0 Å². The van der Waals surface area contributed by atoms with E-state index in [2.05, 4.69) is 21.2 Å². The highest BCUT2D eigenvalue weighted by Crippen LogP contribution is 2.32. The Kier molecular flexibility index (Phi) is 5.04. The average Bonchev–Trinajstić information content (AvgIpc) is 2.41. The molecule has 0 atom stereocenters. The molecule has 1 aliphatic rings. The van der Waals surface area contributed by atoms with Gasteiger partial charge >= 0.3 is 5.97 Å². The van der Waals surface area contributed by atoms with Crippen molar-refractivity contribution in [2.24, 2.45) is 0 Å². The number of carboxylic acids is 1. The van der Waals surface area contributed by atoms with Crippen molar-refractivity contribution in [1.82, 2.24) is 5.32 Å². The van der Waals surface area contributed by atoms with Crippen LogP contribution in [0.4, 0.5) is 0 Å². The van der Waals surface area contributed by atoms with Crippen molar-refractivity contribution < 1.29 is 14.7 Å². The van der Waals surface area contributed by atoms with Crippen molar-refractivity contribution >= 4 is 27.8 Å². The molecule has 2 N–H and O–H groups in total. The molecular formula is C16H20BrNO3. The van der Waals surface area contributed by atoms with Crippen molar-refractivity contribution in [2.45, 2.75) is 51.0 Å². The van der Waals surface area contributed by atoms with Crippen molar-refractivity contribution in [3.63, 3.8) is 0 Å². The third-order valence-corrected chi connectivity index (χ3v) is 4.74. The lowest BCUT2D eigenvalue weighted by molar-refractivity contribution is -0.139. The number of amides is 1. The third kappa shape index (κ3) is 4.06. The second-order valence-electron chi connectivity index (χ2n) is 5.85. The van der Waals surface area contributed by atoms with Gasteiger partial charge in [0, 0.05) is 4.47 Å². The van der Waals surface area contributed by atoms with Crippen molar-refractivity contribution in [1.29, 1.82) is 0 Å². The van der Waals surface area contributed by atoms with Crippen LogP contribution in [0.5, 0.6) is 0 Å². The molecule has 0 spiro atoms. The Morgan fingerprint density at radius 1 is 1.29 bits per heavy atom. The molecule has 0 aliphatic heterocycles. The van der Waals surface area contributed by atoms with Gasteiger partial charge < -0.3 is 10.4 Å². The first-order valence-corrected chi connectivity index (χ1v) is 8.02. The zero-order valence-electron chi connectivity index (χ0n) is 12.1. The molecule has 0 saturated heterocycles. The molecule has 1 aromatic carbocycles. The Bertz CT molecular complexity index is 550. The molecule has 0 aromatic heterocycles. The Hall–Kier alpha value is -1.36. The van der Waals surface area contributed by atoms with E-state index in [1.807, 2.05) is 25.1 Å². The van der Waals surface area contributed by atoms with Gasteiger partial charge in [0.25, 0.3) is 5.91 Å². The number of aliphatic carboxylic acids is 1. The van der Waals surface area contributed by atoms with E-state index in [0.29, 0.717) is 5.56 Å². The van der Waals surface area contributed by atoms with Gasteiger partial charge in [-0.1, -0.05) is 30.9 Å². The lowest BCUT2D eigenvalue weighted by atomic mass is 9.79. The van der Waals surface area contributed by atoms with Gasteiger partial charge in [0.15, 0.2) is 0 Å². The van der Waals surface area contributed by atoms with E-state index in [9.17, 15) is 9.59 Å². The summed E-state index contributed by atoms with van der Waals surface area (Å²) in [4.78, 5) is 23.7. The number of carbonyl (C=O) groups is 2. The first-order valence-electron chi connectivity index (χ1n) is 7.22. The van der Waals surface area contributed by atoms with Crippen LogP contribution in [0, 0.1) is 6.92 Å². The predicted molar refractivity (Wildman–Crippen MR) is 84.4 cm³/mol. The van der Waals surface area contributed by atoms with Gasteiger partial charge in [-0.25, -0.2) is 0 Å². The zero-order valence-corrected chi connectivity index (χ0v) is 13.7. The van der Waals surface area contributed by atoms with E-state index in [-0.39, 0.29) is 12.3 Å². The van der Waals surface area contributed by atoms with Crippen LogP contribution in [-0.4, -0.2) is 22.5 Å². The molecule has 114 valence electrons. The molecule has 4 nitrogen and oxygen atoms in total. The van der Waals surface area contributed by atoms with E-state index in [1.165, 1.54) is 0 Å². The van der Waals surface area contributed by atoms with E-state index in [1.54, 1.807) is 0 Å². The summed E-state index contributed by atoms with van der Waals surface area (Å²) in [7, 11) is 0. The van der Waals surface area contributed by atoms with Gasteiger partial charge in [0.2, 0.25) is 0 Å². The predicted octanol–water partition coefficient (Wildman–Crippen LogP) is 3.66. The summed E-state index contributed by atoms with van der Waals surface area (Å²) in [6.07, 6.45) is 4.47. The fourth-order valence-corrected chi connectivity index (χ4v) is 3.41. The number of rotatable bonds is 4. The number of hydrogen-bond donors (Lipinski definition) is 2. The minimum absolute atomic E-state index is 0.0117. The van der Waals surface area contributed by atoms with Crippen molar-refractivity contribution in [3.8, 4) is 0 Å². The maximum atomic E-state index is 12.5. The van der Waals surface area contributed by atoms with E-state index in [0.717, 1.165) is 42.1 Å². The Morgan fingerprint density at radius 2 is 1.95 bits per heavy atom. The Morgan fingerprint density at radius 3 is 2.57 bits per heavy atom. The van der Waals surface area contributed by atoms with Gasteiger partial charge in [-0.05, 0) is 47.8 Å². The van der Waals surface area contributed by atoms with Crippen molar-refractivity contribution in [3.05, 3.63) is 33.8 Å². The molecular weight excluding hydrogens is 334 g/mol. The van der Waals surface area contributed by atoms with Crippen LogP contribution in [-0.2, 0) is 4.79 Å². The minimum Gasteiger partial charge on any atom is -0.481 e. The standard InChI is InChI=1S/C16H20BrNO3/c1-11-5-6-13(17)12(9-11)15(21)18-16(10-14(19)20)7-3-2-4-8-16/h5-6,9H,2-4,7-8,10H2,1H3,(H,18,21)(H,19,20). The summed E-state index contributed by atoms with van der Waals surface area (Å²) in [5.41, 5.74) is 0.953. The van der Waals surface area contributed by atoms with Crippen LogP contribution in [0.2, 0.25) is 0 Å². The Labute approximate surface area is 133 Å². The first-order chi connectivity index (χ1) is 9.92. The molecule has 0 radical (unpaired) electrons. The summed E-state index contributed by atoms with van der Waals surface area (Å²) in [6, 6.07) is 5.58. The maximum absolute atomic E-state index is 12.5. The zero-order chi connectivity index (χ0) is 15.5. The van der Waals surface area contributed by atoms with Gasteiger partial charge in [-0.2, -0.15) is 0 Å². The van der Waals surface area contributed by atoms with Crippen LogP contribution < -0.4 is 5.32 Å². The molecule has 1 amide bonds. The molecule has 0 bridgehead atoms. The third-order valence-electron chi connectivity index (χ3n) is 4.05. The lowest BCUT2D eigenvalue weighted by Crippen LogP contribution is -2.51. The minimum atomic E-state index is -0.861. The van der Waals surface area contributed by atoms with E-state index < -0.39 is 11.5 Å². The van der Waals surface area contributed by atoms with Crippen LogP contribution >= 0.6 is 15.9 Å². The molecule has 2 rings (SSSR count). The average molecular weight is 354 g/mol. The van der Waals surface area contributed by atoms with Gasteiger partial charge in [-0.15, -0.1) is 0 Å². The molecule has 21 heavy (non-hydrogen) atoms. The second-order valence-corrected chi connectivity index (χ2v) is 6.70. The number of benzene rings is 1. The van der Waals surface area contributed by atoms with Crippen molar-refractivity contribution in [2.75, 3.05) is 0 Å². The molecule has 1 aromatic rings. The molecule has 1 aliphatic carbocycles. The number of aryl methyl sites for hydroxylation is 1.